The molecule has 5 aromatic rings. The van der Waals surface area contributed by atoms with Crippen molar-refractivity contribution < 1.29 is 9.59 Å². The lowest BCUT2D eigenvalue weighted by Crippen LogP contribution is -2.13. The van der Waals surface area contributed by atoms with Gasteiger partial charge in [0, 0.05) is 52.7 Å². The highest BCUT2D eigenvalue weighted by Gasteiger charge is 2.27. The minimum Gasteiger partial charge on any atom is -0.357 e. The van der Waals surface area contributed by atoms with Gasteiger partial charge in [-0.25, -0.2) is 0 Å². The SMILES string of the molecule is O=C1CCCc2[nH]c3c(Cl)cccc3c21.O=C1CCCc2c1c1cccc(Cl)c1n2Cc1ccccc1. The van der Waals surface area contributed by atoms with Crippen molar-refractivity contribution >= 4 is 56.6 Å². The summed E-state index contributed by atoms with van der Waals surface area (Å²) in [6, 6.07) is 21.9. The number of nitrogens with zero attached hydrogens (tertiary/aromatic N) is 1. The fourth-order valence-electron chi connectivity index (χ4n) is 5.76. The van der Waals surface area contributed by atoms with Crippen LogP contribution in [0.5, 0.6) is 0 Å². The maximum atomic E-state index is 12.4. The molecule has 0 atom stereocenters. The van der Waals surface area contributed by atoms with Crippen molar-refractivity contribution in [1.82, 2.24) is 9.55 Å². The Hall–Kier alpha value is -3.34. The van der Waals surface area contributed by atoms with Crippen LogP contribution in [0.2, 0.25) is 10.0 Å². The second-order valence-corrected chi connectivity index (χ2v) is 10.5. The van der Waals surface area contributed by atoms with Gasteiger partial charge in [0.05, 0.1) is 21.1 Å². The molecule has 4 nitrogen and oxygen atoms in total. The standard InChI is InChI=1S/C19H16ClNO.C12H10ClNO/c20-15-9-4-8-14-18-16(10-5-11-17(18)22)21(19(14)15)12-13-6-2-1-3-7-13;13-8-4-1-3-7-11-9(14-12(7)8)5-2-6-10(11)15/h1-4,6-9H,5,10-12H2;1,3-4,14H,2,5-6H2. The van der Waals surface area contributed by atoms with Gasteiger partial charge in [0.1, 0.15) is 0 Å². The number of halogens is 2. The lowest BCUT2D eigenvalue weighted by Gasteiger charge is -2.15. The van der Waals surface area contributed by atoms with E-state index in [1.54, 1.807) is 0 Å². The molecule has 0 saturated carbocycles. The number of hydrogen-bond donors (Lipinski definition) is 1. The minimum atomic E-state index is 0.241. The number of Topliss-reactive ketones (excluding diaryl/α,β-unsaturated/α-hetero) is 2. The number of rotatable bonds is 2. The molecule has 0 saturated heterocycles. The van der Waals surface area contributed by atoms with E-state index < -0.39 is 0 Å². The summed E-state index contributed by atoms with van der Waals surface area (Å²) in [7, 11) is 0. The van der Waals surface area contributed by atoms with Crippen LogP contribution in [0.15, 0.2) is 66.7 Å². The number of fused-ring (bicyclic) bond motifs is 6. The monoisotopic (exact) mass is 528 g/mol. The molecule has 37 heavy (non-hydrogen) atoms. The summed E-state index contributed by atoms with van der Waals surface area (Å²) in [6.45, 7) is 0.754. The molecule has 2 heterocycles. The van der Waals surface area contributed by atoms with E-state index in [-0.39, 0.29) is 11.6 Å². The van der Waals surface area contributed by atoms with E-state index in [9.17, 15) is 9.59 Å². The Kier molecular flexibility index (Phi) is 6.39. The molecule has 0 amide bonds. The molecular weight excluding hydrogens is 503 g/mol. The van der Waals surface area contributed by atoms with E-state index in [1.165, 1.54) is 5.56 Å². The maximum absolute atomic E-state index is 12.4. The number of benzene rings is 3. The molecule has 1 N–H and O–H groups in total. The minimum absolute atomic E-state index is 0.241. The summed E-state index contributed by atoms with van der Waals surface area (Å²) in [5.41, 5.74) is 7.06. The van der Waals surface area contributed by atoms with Gasteiger partial charge in [-0.05, 0) is 43.4 Å². The van der Waals surface area contributed by atoms with Crippen LogP contribution in [0.3, 0.4) is 0 Å². The summed E-state index contributed by atoms with van der Waals surface area (Å²) >= 11 is 12.5. The number of nitrogens with one attached hydrogen (secondary N) is 1. The van der Waals surface area contributed by atoms with Crippen LogP contribution in [-0.2, 0) is 19.4 Å². The first-order chi connectivity index (χ1) is 18.0. The Morgan fingerprint density at radius 2 is 1.38 bits per heavy atom. The van der Waals surface area contributed by atoms with Crippen molar-refractivity contribution in [3.8, 4) is 0 Å². The van der Waals surface area contributed by atoms with E-state index in [0.717, 1.165) is 81.6 Å². The number of aromatic nitrogens is 2. The molecular formula is C31H26Cl2N2O2. The van der Waals surface area contributed by atoms with Gasteiger partial charge < -0.3 is 9.55 Å². The van der Waals surface area contributed by atoms with Gasteiger partial charge in [-0.15, -0.1) is 0 Å². The van der Waals surface area contributed by atoms with Crippen molar-refractivity contribution in [2.45, 2.75) is 45.1 Å². The third-order valence-corrected chi connectivity index (χ3v) is 8.01. The van der Waals surface area contributed by atoms with Crippen LogP contribution >= 0.6 is 23.2 Å². The van der Waals surface area contributed by atoms with Gasteiger partial charge in [0.15, 0.2) is 11.6 Å². The lowest BCUT2D eigenvalue weighted by atomic mass is 9.94. The molecule has 7 rings (SSSR count). The number of H-pyrrole nitrogens is 1. The lowest BCUT2D eigenvalue weighted by molar-refractivity contribution is 0.0965. The third-order valence-electron chi connectivity index (χ3n) is 7.39. The number of aromatic amines is 1. The molecule has 186 valence electrons. The fraction of sp³-hybridized carbons (Fsp3) is 0.226. The highest BCUT2D eigenvalue weighted by atomic mass is 35.5. The molecule has 0 unspecified atom stereocenters. The van der Waals surface area contributed by atoms with Crippen molar-refractivity contribution in [3.63, 3.8) is 0 Å². The second-order valence-electron chi connectivity index (χ2n) is 9.72. The molecule has 0 fully saturated rings. The number of aryl methyl sites for hydroxylation is 1. The van der Waals surface area contributed by atoms with E-state index in [4.69, 9.17) is 23.2 Å². The number of para-hydroxylation sites is 2. The van der Waals surface area contributed by atoms with Crippen LogP contribution in [0.1, 0.15) is 63.4 Å². The number of hydrogen-bond acceptors (Lipinski definition) is 2. The van der Waals surface area contributed by atoms with Crippen LogP contribution in [-0.4, -0.2) is 21.1 Å². The largest absolute Gasteiger partial charge is 0.357 e. The molecule has 2 aliphatic rings. The zero-order valence-corrected chi connectivity index (χ0v) is 21.8. The molecule has 2 aliphatic carbocycles. The first-order valence-electron chi connectivity index (χ1n) is 12.7. The molecule has 3 aromatic carbocycles. The van der Waals surface area contributed by atoms with Crippen LogP contribution in [0.25, 0.3) is 21.8 Å². The van der Waals surface area contributed by atoms with Gasteiger partial charge in [-0.1, -0.05) is 77.8 Å². The zero-order chi connectivity index (χ0) is 25.5. The van der Waals surface area contributed by atoms with E-state index in [1.807, 2.05) is 54.6 Å². The Bertz CT molecular complexity index is 1660. The van der Waals surface area contributed by atoms with Crippen molar-refractivity contribution in [1.29, 1.82) is 0 Å². The quantitative estimate of drug-likeness (QED) is 0.251. The summed E-state index contributed by atoms with van der Waals surface area (Å²) in [5.74, 6) is 0.491. The van der Waals surface area contributed by atoms with E-state index >= 15 is 0 Å². The molecule has 6 heteroatoms. The van der Waals surface area contributed by atoms with Crippen LogP contribution in [0.4, 0.5) is 0 Å². The number of ketones is 2. The maximum Gasteiger partial charge on any atom is 0.165 e. The Morgan fingerprint density at radius 3 is 2.16 bits per heavy atom. The van der Waals surface area contributed by atoms with Crippen LogP contribution < -0.4 is 0 Å². The fourth-order valence-corrected chi connectivity index (χ4v) is 6.26. The van der Waals surface area contributed by atoms with Gasteiger partial charge in [0.25, 0.3) is 0 Å². The molecule has 0 bridgehead atoms. The second kappa shape index (κ2) is 9.85. The average Bonchev–Trinajstić information content (AvgIpc) is 3.45. The average molecular weight is 529 g/mol. The predicted octanol–water partition coefficient (Wildman–Crippen LogP) is 8.20. The van der Waals surface area contributed by atoms with Crippen LogP contribution in [0, 0.1) is 0 Å². The predicted molar refractivity (Wildman–Crippen MR) is 150 cm³/mol. The van der Waals surface area contributed by atoms with E-state index in [0.29, 0.717) is 17.9 Å². The van der Waals surface area contributed by atoms with E-state index in [2.05, 4.69) is 21.7 Å². The third kappa shape index (κ3) is 4.28. The highest BCUT2D eigenvalue weighted by Crippen LogP contribution is 2.36. The molecule has 0 radical (unpaired) electrons. The highest BCUT2D eigenvalue weighted by molar-refractivity contribution is 6.36. The number of carbonyl (C=O) groups is 2. The Morgan fingerprint density at radius 1 is 0.703 bits per heavy atom. The first-order valence-corrected chi connectivity index (χ1v) is 13.5. The van der Waals surface area contributed by atoms with Gasteiger partial charge in [0.2, 0.25) is 0 Å². The topological polar surface area (TPSA) is 54.9 Å². The molecule has 0 aliphatic heterocycles. The Labute approximate surface area is 225 Å². The van der Waals surface area contributed by atoms with Gasteiger partial charge in [-0.2, -0.15) is 0 Å². The molecule has 2 aromatic heterocycles. The number of carbonyl (C=O) groups excluding carboxylic acids is 2. The van der Waals surface area contributed by atoms with Gasteiger partial charge >= 0.3 is 0 Å². The van der Waals surface area contributed by atoms with Crippen molar-refractivity contribution in [2.75, 3.05) is 0 Å². The Balaban J connectivity index is 0.000000146. The first kappa shape index (κ1) is 24.0. The summed E-state index contributed by atoms with van der Waals surface area (Å²) in [4.78, 5) is 27.5. The smallest absolute Gasteiger partial charge is 0.165 e. The summed E-state index contributed by atoms with van der Waals surface area (Å²) in [5, 5.41) is 3.38. The van der Waals surface area contributed by atoms with Crippen molar-refractivity contribution in [2.24, 2.45) is 0 Å². The van der Waals surface area contributed by atoms with Gasteiger partial charge in [-0.3, -0.25) is 9.59 Å². The summed E-state index contributed by atoms with van der Waals surface area (Å²) in [6.07, 6.45) is 5.06. The molecule has 0 spiro atoms. The summed E-state index contributed by atoms with van der Waals surface area (Å²) < 4.78 is 2.24. The van der Waals surface area contributed by atoms with Crippen molar-refractivity contribution in [3.05, 3.63) is 105 Å². The normalized spacial score (nSPS) is 14.9. The zero-order valence-electron chi connectivity index (χ0n) is 20.3.